The maximum absolute atomic E-state index is 11.7. The van der Waals surface area contributed by atoms with Crippen LogP contribution >= 0.6 is 0 Å². The highest BCUT2D eigenvalue weighted by Crippen LogP contribution is 2.12. The van der Waals surface area contributed by atoms with Crippen molar-refractivity contribution in [1.29, 1.82) is 0 Å². The van der Waals surface area contributed by atoms with Crippen LogP contribution in [0, 0.1) is 0 Å². The molecule has 0 bridgehead atoms. The molecule has 0 aliphatic heterocycles. The summed E-state index contributed by atoms with van der Waals surface area (Å²) in [4.78, 5) is 11.7. The Bertz CT molecular complexity index is 252. The first kappa shape index (κ1) is 22.4. The fourth-order valence-electron chi connectivity index (χ4n) is 2.88. The fourth-order valence-corrected chi connectivity index (χ4v) is 2.88. The van der Waals surface area contributed by atoms with E-state index in [9.17, 15) is 4.79 Å². The van der Waals surface area contributed by atoms with Gasteiger partial charge in [0.1, 0.15) is 0 Å². The van der Waals surface area contributed by atoms with E-state index in [0.717, 1.165) is 19.3 Å². The van der Waals surface area contributed by atoms with Crippen LogP contribution < -0.4 is 5.32 Å². The number of rotatable bonds is 17. The molecule has 0 saturated carbocycles. The first-order chi connectivity index (χ1) is 11.2. The van der Waals surface area contributed by atoms with Gasteiger partial charge in [0, 0.05) is 6.42 Å². The Kier molecular flexibility index (Phi) is 17.3. The molecule has 0 aromatic heterocycles. The smallest absolute Gasteiger partial charge is 0.220 e. The van der Waals surface area contributed by atoms with E-state index in [1.54, 1.807) is 0 Å². The molecule has 138 valence electrons. The van der Waals surface area contributed by atoms with Gasteiger partial charge in [-0.05, 0) is 12.8 Å². The van der Waals surface area contributed by atoms with Crippen LogP contribution in [0.5, 0.6) is 0 Å². The average Bonchev–Trinajstić information content (AvgIpc) is 2.56. The molecule has 3 heteroatoms. The predicted molar refractivity (Wildman–Crippen MR) is 99.6 cm³/mol. The molecular formula is C20H41NO2. The minimum absolute atomic E-state index is 0.0425. The number of carbonyl (C=O) groups is 1. The van der Waals surface area contributed by atoms with E-state index in [1.807, 2.05) is 6.92 Å². The van der Waals surface area contributed by atoms with Gasteiger partial charge in [-0.3, -0.25) is 4.79 Å². The summed E-state index contributed by atoms with van der Waals surface area (Å²) in [6, 6.07) is -0.0653. The van der Waals surface area contributed by atoms with E-state index in [1.165, 1.54) is 70.6 Å². The molecule has 1 amide bonds. The highest BCUT2D eigenvalue weighted by molar-refractivity contribution is 5.76. The number of hydrogen-bond acceptors (Lipinski definition) is 2. The normalized spacial score (nSPS) is 12.3. The van der Waals surface area contributed by atoms with E-state index in [4.69, 9.17) is 5.11 Å². The molecular weight excluding hydrogens is 286 g/mol. The van der Waals surface area contributed by atoms with Crippen LogP contribution in [-0.4, -0.2) is 23.7 Å². The number of amides is 1. The summed E-state index contributed by atoms with van der Waals surface area (Å²) >= 11 is 0. The summed E-state index contributed by atoms with van der Waals surface area (Å²) < 4.78 is 0. The lowest BCUT2D eigenvalue weighted by molar-refractivity contribution is -0.122. The quantitative estimate of drug-likeness (QED) is 0.354. The van der Waals surface area contributed by atoms with Gasteiger partial charge in [-0.2, -0.15) is 0 Å². The summed E-state index contributed by atoms with van der Waals surface area (Å²) in [5, 5.41) is 11.9. The zero-order valence-corrected chi connectivity index (χ0v) is 15.7. The monoisotopic (exact) mass is 327 g/mol. The second-order valence-corrected chi connectivity index (χ2v) is 6.85. The van der Waals surface area contributed by atoms with E-state index >= 15 is 0 Å². The molecule has 1 unspecified atom stereocenters. The Morgan fingerprint density at radius 3 is 1.61 bits per heavy atom. The van der Waals surface area contributed by atoms with Crippen molar-refractivity contribution in [1.82, 2.24) is 5.32 Å². The van der Waals surface area contributed by atoms with E-state index in [2.05, 4.69) is 12.2 Å². The van der Waals surface area contributed by atoms with Gasteiger partial charge in [-0.25, -0.2) is 0 Å². The van der Waals surface area contributed by atoms with Gasteiger partial charge in [-0.15, -0.1) is 0 Å². The van der Waals surface area contributed by atoms with Gasteiger partial charge in [0.05, 0.1) is 12.6 Å². The molecule has 0 radical (unpaired) electrons. The summed E-state index contributed by atoms with van der Waals surface area (Å²) in [5.41, 5.74) is 0. The highest BCUT2D eigenvalue weighted by Gasteiger charge is 2.08. The van der Waals surface area contributed by atoms with Gasteiger partial charge < -0.3 is 10.4 Å². The zero-order valence-electron chi connectivity index (χ0n) is 15.7. The summed E-state index contributed by atoms with van der Waals surface area (Å²) in [7, 11) is 0. The van der Waals surface area contributed by atoms with Crippen LogP contribution in [0.2, 0.25) is 0 Å². The molecule has 0 aliphatic rings. The summed E-state index contributed by atoms with van der Waals surface area (Å²) in [6.07, 6.45) is 18.6. The SMILES string of the molecule is CCCCCCCCCCCCCCCC(=O)NC(CC)CO. The van der Waals surface area contributed by atoms with E-state index in [0.29, 0.717) is 6.42 Å². The number of nitrogens with one attached hydrogen (secondary N) is 1. The van der Waals surface area contributed by atoms with Gasteiger partial charge in [-0.1, -0.05) is 90.9 Å². The Morgan fingerprint density at radius 2 is 1.22 bits per heavy atom. The number of aliphatic hydroxyl groups is 1. The van der Waals surface area contributed by atoms with Crippen molar-refractivity contribution in [3.63, 3.8) is 0 Å². The topological polar surface area (TPSA) is 49.3 Å². The van der Waals surface area contributed by atoms with Crippen molar-refractivity contribution in [3.8, 4) is 0 Å². The molecule has 0 spiro atoms. The molecule has 0 saturated heterocycles. The third kappa shape index (κ3) is 16.1. The van der Waals surface area contributed by atoms with Crippen LogP contribution in [0.1, 0.15) is 110 Å². The first-order valence-corrected chi connectivity index (χ1v) is 10.1. The van der Waals surface area contributed by atoms with Gasteiger partial charge in [0.15, 0.2) is 0 Å². The van der Waals surface area contributed by atoms with Gasteiger partial charge in [0.25, 0.3) is 0 Å². The lowest BCUT2D eigenvalue weighted by atomic mass is 10.0. The second-order valence-electron chi connectivity index (χ2n) is 6.85. The molecule has 0 fully saturated rings. The largest absolute Gasteiger partial charge is 0.394 e. The van der Waals surface area contributed by atoms with Crippen LogP contribution in [-0.2, 0) is 4.79 Å². The minimum atomic E-state index is -0.0653. The molecule has 0 aromatic carbocycles. The Hall–Kier alpha value is -0.570. The fraction of sp³-hybridized carbons (Fsp3) is 0.950. The van der Waals surface area contributed by atoms with Crippen LogP contribution in [0.3, 0.4) is 0 Å². The lowest BCUT2D eigenvalue weighted by Crippen LogP contribution is -2.36. The standard InChI is InChI=1S/C20H41NO2/c1-3-5-6-7-8-9-10-11-12-13-14-15-16-17-20(23)21-19(4-2)18-22/h19,22H,3-18H2,1-2H3,(H,21,23). The van der Waals surface area contributed by atoms with Crippen molar-refractivity contribution in [2.24, 2.45) is 0 Å². The number of aliphatic hydroxyl groups excluding tert-OH is 1. The minimum Gasteiger partial charge on any atom is -0.394 e. The van der Waals surface area contributed by atoms with Crippen LogP contribution in [0.4, 0.5) is 0 Å². The van der Waals surface area contributed by atoms with Crippen LogP contribution in [0.25, 0.3) is 0 Å². The maximum atomic E-state index is 11.7. The van der Waals surface area contributed by atoms with Crippen molar-refractivity contribution < 1.29 is 9.90 Å². The van der Waals surface area contributed by atoms with Crippen molar-refractivity contribution in [2.75, 3.05) is 6.61 Å². The zero-order chi connectivity index (χ0) is 17.2. The lowest BCUT2D eigenvalue weighted by Gasteiger charge is -2.13. The van der Waals surface area contributed by atoms with Gasteiger partial charge in [0.2, 0.25) is 5.91 Å². The molecule has 23 heavy (non-hydrogen) atoms. The Morgan fingerprint density at radius 1 is 0.783 bits per heavy atom. The van der Waals surface area contributed by atoms with Crippen molar-refractivity contribution >= 4 is 5.91 Å². The maximum Gasteiger partial charge on any atom is 0.220 e. The number of carbonyl (C=O) groups excluding carboxylic acids is 1. The number of unbranched alkanes of at least 4 members (excludes halogenated alkanes) is 12. The third-order valence-electron chi connectivity index (χ3n) is 4.59. The van der Waals surface area contributed by atoms with Crippen molar-refractivity contribution in [2.45, 2.75) is 116 Å². The first-order valence-electron chi connectivity index (χ1n) is 10.1. The van der Waals surface area contributed by atoms with Crippen LogP contribution in [0.15, 0.2) is 0 Å². The van der Waals surface area contributed by atoms with Gasteiger partial charge >= 0.3 is 0 Å². The highest BCUT2D eigenvalue weighted by atomic mass is 16.3. The van der Waals surface area contributed by atoms with E-state index in [-0.39, 0.29) is 18.6 Å². The summed E-state index contributed by atoms with van der Waals surface area (Å²) in [6.45, 7) is 4.29. The molecule has 3 nitrogen and oxygen atoms in total. The third-order valence-corrected chi connectivity index (χ3v) is 4.59. The Balaban J connectivity index is 3.20. The molecule has 1 atom stereocenters. The second kappa shape index (κ2) is 17.8. The average molecular weight is 328 g/mol. The van der Waals surface area contributed by atoms with E-state index < -0.39 is 0 Å². The molecule has 2 N–H and O–H groups in total. The molecule has 0 aromatic rings. The van der Waals surface area contributed by atoms with Crippen molar-refractivity contribution in [3.05, 3.63) is 0 Å². The Labute approximate surface area is 144 Å². The molecule has 0 aliphatic carbocycles. The predicted octanol–water partition coefficient (Wildman–Crippen LogP) is 5.35. The molecule has 0 heterocycles. The number of hydrogen-bond donors (Lipinski definition) is 2. The molecule has 0 rings (SSSR count). The summed E-state index contributed by atoms with van der Waals surface area (Å²) in [5.74, 6) is 0.0916.